The smallest absolute Gasteiger partial charge is 0.231 e. The van der Waals surface area contributed by atoms with Crippen LogP contribution in [0, 0.1) is 12.8 Å². The van der Waals surface area contributed by atoms with Crippen LogP contribution in [0.4, 0.5) is 5.69 Å². The number of benzene rings is 1. The third-order valence-electron chi connectivity index (χ3n) is 4.62. The molecular weight excluding hydrogens is 348 g/mol. The van der Waals surface area contributed by atoms with E-state index in [9.17, 15) is 9.59 Å². The number of hydrogen-bond acceptors (Lipinski definition) is 5. The lowest BCUT2D eigenvalue weighted by molar-refractivity contribution is -0.123. The Balaban J connectivity index is 1.48. The molecule has 26 heavy (non-hydrogen) atoms. The molecular formula is C19H24N4O2S. The minimum absolute atomic E-state index is 0.00251. The predicted molar refractivity (Wildman–Crippen MR) is 103 cm³/mol. The minimum atomic E-state index is -0.194. The van der Waals surface area contributed by atoms with Gasteiger partial charge in [-0.2, -0.15) is 0 Å². The predicted octanol–water partition coefficient (Wildman–Crippen LogP) is 2.33. The molecule has 0 atom stereocenters. The zero-order valence-electron chi connectivity index (χ0n) is 14.9. The highest BCUT2D eigenvalue weighted by atomic mass is 32.1. The van der Waals surface area contributed by atoms with E-state index in [4.69, 9.17) is 5.73 Å². The molecule has 2 amide bonds. The molecule has 2 aromatic rings. The monoisotopic (exact) mass is 372 g/mol. The van der Waals surface area contributed by atoms with Crippen LogP contribution in [0.3, 0.4) is 0 Å². The Labute approximate surface area is 157 Å². The number of aromatic nitrogens is 1. The van der Waals surface area contributed by atoms with Gasteiger partial charge in [0.05, 0.1) is 12.1 Å². The van der Waals surface area contributed by atoms with Crippen molar-refractivity contribution in [1.29, 1.82) is 0 Å². The molecule has 1 saturated heterocycles. The molecule has 7 heteroatoms. The van der Waals surface area contributed by atoms with Crippen LogP contribution in [0.1, 0.15) is 29.1 Å². The maximum absolute atomic E-state index is 12.2. The largest absolute Gasteiger partial charge is 0.369 e. The average molecular weight is 372 g/mol. The second-order valence-corrected chi connectivity index (χ2v) is 7.72. The first kappa shape index (κ1) is 18.5. The van der Waals surface area contributed by atoms with Gasteiger partial charge in [0.25, 0.3) is 0 Å². The lowest BCUT2D eigenvalue weighted by Crippen LogP contribution is -2.38. The molecule has 138 valence electrons. The number of thiazole rings is 1. The molecule has 1 aliphatic heterocycles. The number of carbonyl (C=O) groups excluding carboxylic acids is 2. The van der Waals surface area contributed by atoms with Crippen LogP contribution in [0.25, 0.3) is 0 Å². The van der Waals surface area contributed by atoms with E-state index >= 15 is 0 Å². The molecule has 1 aromatic heterocycles. The van der Waals surface area contributed by atoms with Crippen LogP contribution in [-0.2, 0) is 22.6 Å². The number of carbonyl (C=O) groups is 2. The fraction of sp³-hybridized carbons (Fsp3) is 0.421. The van der Waals surface area contributed by atoms with E-state index in [2.05, 4.69) is 15.2 Å². The van der Waals surface area contributed by atoms with Crippen molar-refractivity contribution < 1.29 is 9.59 Å². The third-order valence-corrected chi connectivity index (χ3v) is 5.52. The van der Waals surface area contributed by atoms with Crippen molar-refractivity contribution in [2.24, 2.45) is 11.7 Å². The number of nitrogens with one attached hydrogen (secondary N) is 1. The molecule has 0 radical (unpaired) electrons. The van der Waals surface area contributed by atoms with Crippen molar-refractivity contribution in [2.75, 3.05) is 18.4 Å². The third kappa shape index (κ3) is 5.12. The van der Waals surface area contributed by atoms with Crippen LogP contribution >= 0.6 is 11.3 Å². The standard InChI is InChI=1S/C19H24N4O2S/c1-13-2-4-15(5-3-13)21-17(24)10-18-22-16(12-26-18)11-23-8-6-14(7-9-23)19(20)25/h2-5,12,14H,6-11H2,1H3,(H2,20,25)(H,21,24). The molecule has 0 unspecified atom stereocenters. The van der Waals surface area contributed by atoms with Gasteiger partial charge in [-0.25, -0.2) is 4.98 Å². The number of piperidine rings is 1. The summed E-state index contributed by atoms with van der Waals surface area (Å²) in [5.74, 6) is -0.250. The minimum Gasteiger partial charge on any atom is -0.369 e. The highest BCUT2D eigenvalue weighted by molar-refractivity contribution is 7.09. The number of aryl methyl sites for hydroxylation is 1. The molecule has 1 fully saturated rings. The summed E-state index contributed by atoms with van der Waals surface area (Å²) in [6.45, 7) is 4.48. The van der Waals surface area contributed by atoms with E-state index in [1.807, 2.05) is 36.6 Å². The van der Waals surface area contributed by atoms with Crippen molar-refractivity contribution in [3.63, 3.8) is 0 Å². The van der Waals surface area contributed by atoms with Gasteiger partial charge in [0.2, 0.25) is 11.8 Å². The van der Waals surface area contributed by atoms with Gasteiger partial charge < -0.3 is 11.1 Å². The quantitative estimate of drug-likeness (QED) is 0.814. The maximum Gasteiger partial charge on any atom is 0.231 e. The fourth-order valence-corrected chi connectivity index (χ4v) is 3.87. The normalized spacial score (nSPS) is 15.7. The zero-order chi connectivity index (χ0) is 18.5. The maximum atomic E-state index is 12.2. The number of anilines is 1. The summed E-state index contributed by atoms with van der Waals surface area (Å²) in [5.41, 5.74) is 8.31. The molecule has 0 aliphatic carbocycles. The zero-order valence-corrected chi connectivity index (χ0v) is 15.7. The number of likely N-dealkylation sites (tertiary alicyclic amines) is 1. The van der Waals surface area contributed by atoms with Gasteiger partial charge in [-0.3, -0.25) is 14.5 Å². The molecule has 3 N–H and O–H groups in total. The second kappa shape index (κ2) is 8.42. The first-order valence-electron chi connectivity index (χ1n) is 8.81. The Morgan fingerprint density at radius 2 is 1.96 bits per heavy atom. The van der Waals surface area contributed by atoms with Gasteiger partial charge in [0.15, 0.2) is 0 Å². The van der Waals surface area contributed by atoms with E-state index in [-0.39, 0.29) is 24.2 Å². The van der Waals surface area contributed by atoms with E-state index in [0.717, 1.165) is 54.4 Å². The first-order valence-corrected chi connectivity index (χ1v) is 9.69. The summed E-state index contributed by atoms with van der Waals surface area (Å²) in [7, 11) is 0. The second-order valence-electron chi connectivity index (χ2n) is 6.78. The van der Waals surface area contributed by atoms with Gasteiger partial charge >= 0.3 is 0 Å². The Morgan fingerprint density at radius 3 is 2.62 bits per heavy atom. The molecule has 6 nitrogen and oxygen atoms in total. The van der Waals surface area contributed by atoms with Crippen LogP contribution in [0.2, 0.25) is 0 Å². The first-order chi connectivity index (χ1) is 12.5. The summed E-state index contributed by atoms with van der Waals surface area (Å²) in [4.78, 5) is 30.3. The number of amides is 2. The lowest BCUT2D eigenvalue weighted by Gasteiger charge is -2.29. The Bertz CT molecular complexity index is 764. The number of nitrogens with two attached hydrogens (primary N) is 1. The fourth-order valence-electron chi connectivity index (χ4n) is 3.09. The number of nitrogens with zero attached hydrogens (tertiary/aromatic N) is 2. The van der Waals surface area contributed by atoms with Gasteiger partial charge in [0.1, 0.15) is 5.01 Å². The van der Waals surface area contributed by atoms with Gasteiger partial charge in [-0.1, -0.05) is 17.7 Å². The van der Waals surface area contributed by atoms with E-state index in [0.29, 0.717) is 0 Å². The highest BCUT2D eigenvalue weighted by Crippen LogP contribution is 2.20. The van der Waals surface area contributed by atoms with E-state index < -0.39 is 0 Å². The summed E-state index contributed by atoms with van der Waals surface area (Å²) in [6, 6.07) is 7.74. The number of primary amides is 1. The van der Waals surface area contributed by atoms with Crippen LogP contribution in [-0.4, -0.2) is 34.8 Å². The number of hydrogen-bond donors (Lipinski definition) is 2. The lowest BCUT2D eigenvalue weighted by atomic mass is 9.96. The molecule has 2 heterocycles. The highest BCUT2D eigenvalue weighted by Gasteiger charge is 2.23. The van der Waals surface area contributed by atoms with Crippen molar-refractivity contribution in [3.05, 3.63) is 45.9 Å². The topological polar surface area (TPSA) is 88.3 Å². The summed E-state index contributed by atoms with van der Waals surface area (Å²) in [6.07, 6.45) is 1.90. The Morgan fingerprint density at radius 1 is 1.27 bits per heavy atom. The molecule has 1 aliphatic rings. The molecule has 0 bridgehead atoms. The molecule has 0 spiro atoms. The Hall–Kier alpha value is -2.25. The SMILES string of the molecule is Cc1ccc(NC(=O)Cc2nc(CN3CCC(C(N)=O)CC3)cs2)cc1. The Kier molecular flexibility index (Phi) is 6.00. The molecule has 1 aromatic carbocycles. The number of rotatable bonds is 6. The van der Waals surface area contributed by atoms with Gasteiger partial charge in [0, 0.05) is 23.5 Å². The summed E-state index contributed by atoms with van der Waals surface area (Å²) < 4.78 is 0. The van der Waals surface area contributed by atoms with Crippen molar-refractivity contribution in [3.8, 4) is 0 Å². The van der Waals surface area contributed by atoms with Crippen molar-refractivity contribution in [2.45, 2.75) is 32.7 Å². The summed E-state index contributed by atoms with van der Waals surface area (Å²) >= 11 is 1.51. The molecule has 0 saturated carbocycles. The van der Waals surface area contributed by atoms with Crippen LogP contribution < -0.4 is 11.1 Å². The average Bonchev–Trinajstić information content (AvgIpc) is 3.04. The van der Waals surface area contributed by atoms with Gasteiger partial charge in [-0.15, -0.1) is 11.3 Å². The van der Waals surface area contributed by atoms with E-state index in [1.54, 1.807) is 0 Å². The molecule has 3 rings (SSSR count). The van der Waals surface area contributed by atoms with Crippen molar-refractivity contribution >= 4 is 28.8 Å². The van der Waals surface area contributed by atoms with Crippen molar-refractivity contribution in [1.82, 2.24) is 9.88 Å². The van der Waals surface area contributed by atoms with Crippen LogP contribution in [0.5, 0.6) is 0 Å². The summed E-state index contributed by atoms with van der Waals surface area (Å²) in [5, 5.41) is 5.72. The van der Waals surface area contributed by atoms with E-state index in [1.165, 1.54) is 11.3 Å². The van der Waals surface area contributed by atoms with Crippen LogP contribution in [0.15, 0.2) is 29.6 Å². The van der Waals surface area contributed by atoms with Gasteiger partial charge in [-0.05, 0) is 45.0 Å².